The molecule has 2 amide bonds. The monoisotopic (exact) mass is 420 g/mol. The number of anilines is 1. The topological polar surface area (TPSA) is 58.6 Å². The number of rotatable bonds is 6. The first kappa shape index (κ1) is 20.3. The second kappa shape index (κ2) is 8.39. The lowest BCUT2D eigenvalue weighted by Crippen LogP contribution is -2.32. The number of imide groups is 1. The van der Waals surface area contributed by atoms with Gasteiger partial charge in [0.25, 0.3) is 11.8 Å². The SMILES string of the molecule is COc1ccc(C2=C(Nc3ccc(F)cc3)C(=O)N(Cc3ccc(F)cc3)C2=O)cc1. The molecule has 0 saturated carbocycles. The van der Waals surface area contributed by atoms with Crippen molar-refractivity contribution in [3.63, 3.8) is 0 Å². The Bertz CT molecular complexity index is 1150. The van der Waals surface area contributed by atoms with Gasteiger partial charge in [0.1, 0.15) is 23.1 Å². The summed E-state index contributed by atoms with van der Waals surface area (Å²) in [5.41, 5.74) is 1.89. The molecule has 0 spiro atoms. The van der Waals surface area contributed by atoms with E-state index in [2.05, 4.69) is 5.32 Å². The summed E-state index contributed by atoms with van der Waals surface area (Å²) in [5, 5.41) is 2.96. The van der Waals surface area contributed by atoms with Crippen LogP contribution >= 0.6 is 0 Å². The summed E-state index contributed by atoms with van der Waals surface area (Å²) in [5.74, 6) is -1.22. The molecule has 3 aromatic rings. The van der Waals surface area contributed by atoms with E-state index in [0.29, 0.717) is 22.6 Å². The first-order valence-electron chi connectivity index (χ1n) is 9.48. The molecule has 156 valence electrons. The number of nitrogens with one attached hydrogen (secondary N) is 1. The van der Waals surface area contributed by atoms with E-state index in [1.807, 2.05) is 0 Å². The third-order valence-corrected chi connectivity index (χ3v) is 4.91. The molecule has 0 aromatic heterocycles. The molecule has 0 unspecified atom stereocenters. The second-order valence-electron chi connectivity index (χ2n) is 6.93. The van der Waals surface area contributed by atoms with Crippen LogP contribution in [0.3, 0.4) is 0 Å². The molecule has 5 nitrogen and oxygen atoms in total. The summed E-state index contributed by atoms with van der Waals surface area (Å²) in [6, 6.07) is 17.8. The van der Waals surface area contributed by atoms with Gasteiger partial charge < -0.3 is 10.1 Å². The number of hydrogen-bond donors (Lipinski definition) is 1. The number of ether oxygens (including phenoxy) is 1. The molecule has 1 N–H and O–H groups in total. The van der Waals surface area contributed by atoms with Gasteiger partial charge in [-0.05, 0) is 59.7 Å². The quantitative estimate of drug-likeness (QED) is 0.602. The van der Waals surface area contributed by atoms with Crippen molar-refractivity contribution in [2.45, 2.75) is 6.54 Å². The number of methoxy groups -OCH3 is 1. The Morgan fingerprint density at radius 1 is 0.806 bits per heavy atom. The molecule has 0 radical (unpaired) electrons. The fraction of sp³-hybridized carbons (Fsp3) is 0.0833. The van der Waals surface area contributed by atoms with E-state index in [0.717, 1.165) is 4.90 Å². The molecule has 1 heterocycles. The largest absolute Gasteiger partial charge is 0.497 e. The Kier molecular flexibility index (Phi) is 5.49. The number of amides is 2. The van der Waals surface area contributed by atoms with Gasteiger partial charge in [0, 0.05) is 5.69 Å². The molecule has 7 heteroatoms. The Labute approximate surface area is 177 Å². The summed E-state index contributed by atoms with van der Waals surface area (Å²) in [7, 11) is 1.53. The zero-order valence-corrected chi connectivity index (χ0v) is 16.6. The summed E-state index contributed by atoms with van der Waals surface area (Å²) < 4.78 is 31.7. The van der Waals surface area contributed by atoms with Gasteiger partial charge >= 0.3 is 0 Å². The number of nitrogens with zero attached hydrogens (tertiary/aromatic N) is 1. The fourth-order valence-electron chi connectivity index (χ4n) is 3.31. The number of hydrogen-bond acceptors (Lipinski definition) is 4. The van der Waals surface area contributed by atoms with E-state index < -0.39 is 23.4 Å². The maximum atomic E-state index is 13.3. The van der Waals surface area contributed by atoms with Crippen molar-refractivity contribution < 1.29 is 23.1 Å². The molecule has 1 aliphatic rings. The van der Waals surface area contributed by atoms with Gasteiger partial charge in [-0.2, -0.15) is 0 Å². The van der Waals surface area contributed by atoms with Crippen LogP contribution in [0, 0.1) is 11.6 Å². The molecule has 1 aliphatic heterocycles. The average molecular weight is 420 g/mol. The second-order valence-corrected chi connectivity index (χ2v) is 6.93. The molecule has 0 atom stereocenters. The van der Waals surface area contributed by atoms with Gasteiger partial charge in [0.15, 0.2) is 0 Å². The van der Waals surface area contributed by atoms with E-state index >= 15 is 0 Å². The zero-order valence-electron chi connectivity index (χ0n) is 16.6. The predicted octanol–water partition coefficient (Wildman–Crippen LogP) is 4.37. The Hall–Kier alpha value is -4.00. The van der Waals surface area contributed by atoms with Gasteiger partial charge in [-0.25, -0.2) is 8.78 Å². The highest BCUT2D eigenvalue weighted by molar-refractivity contribution is 6.36. The van der Waals surface area contributed by atoms with E-state index in [4.69, 9.17) is 4.74 Å². The highest BCUT2D eigenvalue weighted by atomic mass is 19.1. The molecule has 0 aliphatic carbocycles. The van der Waals surface area contributed by atoms with Crippen LogP contribution in [0.1, 0.15) is 11.1 Å². The average Bonchev–Trinajstić information content (AvgIpc) is 3.01. The van der Waals surface area contributed by atoms with E-state index in [9.17, 15) is 18.4 Å². The minimum Gasteiger partial charge on any atom is -0.497 e. The molecule has 4 rings (SSSR count). The first-order valence-corrected chi connectivity index (χ1v) is 9.48. The van der Waals surface area contributed by atoms with Crippen LogP contribution in [0.25, 0.3) is 5.57 Å². The molecule has 0 bridgehead atoms. The van der Waals surface area contributed by atoms with E-state index in [1.165, 1.54) is 55.6 Å². The molecule has 0 saturated heterocycles. The predicted molar refractivity (Wildman–Crippen MR) is 112 cm³/mol. The van der Waals surface area contributed by atoms with Crippen molar-refractivity contribution >= 4 is 23.1 Å². The number of carbonyl (C=O) groups is 2. The lowest BCUT2D eigenvalue weighted by Gasteiger charge is -2.15. The van der Waals surface area contributed by atoms with Crippen molar-refractivity contribution in [1.82, 2.24) is 4.90 Å². The smallest absolute Gasteiger partial charge is 0.278 e. The summed E-state index contributed by atoms with van der Waals surface area (Å²) in [6.45, 7) is -0.00774. The highest BCUT2D eigenvalue weighted by Gasteiger charge is 2.39. The van der Waals surface area contributed by atoms with Crippen LogP contribution in [0.5, 0.6) is 5.75 Å². The van der Waals surface area contributed by atoms with Crippen LogP contribution in [-0.4, -0.2) is 23.8 Å². The molecule has 31 heavy (non-hydrogen) atoms. The van der Waals surface area contributed by atoms with E-state index in [1.54, 1.807) is 24.3 Å². The third-order valence-electron chi connectivity index (χ3n) is 4.91. The third kappa shape index (κ3) is 4.16. The normalized spacial score (nSPS) is 13.7. The van der Waals surface area contributed by atoms with Crippen molar-refractivity contribution in [3.05, 3.63) is 101 Å². The van der Waals surface area contributed by atoms with Crippen LogP contribution < -0.4 is 10.1 Å². The Balaban J connectivity index is 1.72. The molecule has 3 aromatic carbocycles. The maximum absolute atomic E-state index is 13.3. The van der Waals surface area contributed by atoms with Crippen molar-refractivity contribution in [1.29, 1.82) is 0 Å². The van der Waals surface area contributed by atoms with Crippen LogP contribution in [0.4, 0.5) is 14.5 Å². The summed E-state index contributed by atoms with van der Waals surface area (Å²) >= 11 is 0. The number of benzene rings is 3. The van der Waals surface area contributed by atoms with Gasteiger partial charge in [-0.1, -0.05) is 24.3 Å². The lowest BCUT2D eigenvalue weighted by molar-refractivity contribution is -0.137. The van der Waals surface area contributed by atoms with Crippen molar-refractivity contribution in [2.24, 2.45) is 0 Å². The molecular weight excluding hydrogens is 402 g/mol. The zero-order chi connectivity index (χ0) is 22.0. The number of carbonyl (C=O) groups excluding carboxylic acids is 2. The maximum Gasteiger partial charge on any atom is 0.278 e. The Morgan fingerprint density at radius 3 is 1.97 bits per heavy atom. The van der Waals surface area contributed by atoms with Crippen LogP contribution in [0.2, 0.25) is 0 Å². The molecule has 0 fully saturated rings. The highest BCUT2D eigenvalue weighted by Crippen LogP contribution is 2.32. The molecular formula is C24H18F2N2O3. The fourth-order valence-corrected chi connectivity index (χ4v) is 3.31. The van der Waals surface area contributed by atoms with Crippen molar-refractivity contribution in [3.8, 4) is 5.75 Å². The summed E-state index contributed by atoms with van der Waals surface area (Å²) in [6.07, 6.45) is 0. The Morgan fingerprint density at radius 2 is 1.39 bits per heavy atom. The lowest BCUT2D eigenvalue weighted by atomic mass is 10.0. The van der Waals surface area contributed by atoms with Gasteiger partial charge in [0.05, 0.1) is 19.2 Å². The van der Waals surface area contributed by atoms with Crippen molar-refractivity contribution in [2.75, 3.05) is 12.4 Å². The van der Waals surface area contributed by atoms with Crippen LogP contribution in [-0.2, 0) is 16.1 Å². The minimum atomic E-state index is -0.524. The van der Waals surface area contributed by atoms with Gasteiger partial charge in [-0.15, -0.1) is 0 Å². The first-order chi connectivity index (χ1) is 15.0. The van der Waals surface area contributed by atoms with E-state index in [-0.39, 0.29) is 17.8 Å². The minimum absolute atomic E-state index is 0.00774. The standard InChI is InChI=1S/C24H18F2N2O3/c1-31-20-12-4-16(5-13-20)21-22(27-19-10-8-18(26)9-11-19)24(30)28(23(21)29)14-15-2-6-17(25)7-3-15/h2-13,27H,14H2,1H3. The van der Waals surface area contributed by atoms with Gasteiger partial charge in [-0.3, -0.25) is 14.5 Å². The van der Waals surface area contributed by atoms with Crippen LogP contribution in [0.15, 0.2) is 78.5 Å². The van der Waals surface area contributed by atoms with Gasteiger partial charge in [0.2, 0.25) is 0 Å². The number of halogens is 2. The summed E-state index contributed by atoms with van der Waals surface area (Å²) in [4.78, 5) is 27.5.